The minimum absolute atomic E-state index is 0.118. The van der Waals surface area contributed by atoms with E-state index in [1.165, 1.54) is 6.21 Å². The van der Waals surface area contributed by atoms with E-state index in [1.54, 1.807) is 25.1 Å². The second-order valence-electron chi connectivity index (χ2n) is 3.65. The van der Waals surface area contributed by atoms with E-state index in [0.717, 1.165) is 4.68 Å². The number of aromatic amines is 1. The van der Waals surface area contributed by atoms with Gasteiger partial charge in [0.2, 0.25) is 4.77 Å². The summed E-state index contributed by atoms with van der Waals surface area (Å²) >= 11 is 16.6. The van der Waals surface area contributed by atoms with Crippen molar-refractivity contribution in [1.29, 1.82) is 0 Å². The van der Waals surface area contributed by atoms with Crippen LogP contribution in [-0.4, -0.2) is 21.1 Å². The first-order valence-electron chi connectivity index (χ1n) is 5.17. The normalized spacial score (nSPS) is 11.1. The standard InChI is InChI=1S/C11H8Cl2N4OS/c1-6-10(18)17(11(19)16-15-6)14-5-7-2-3-8(12)9(13)4-7/h2-5H,1H3,(H,16,19)/b14-5-. The highest BCUT2D eigenvalue weighted by molar-refractivity contribution is 7.71. The second-order valence-corrected chi connectivity index (χ2v) is 4.85. The minimum atomic E-state index is -0.375. The predicted molar refractivity (Wildman–Crippen MR) is 77.9 cm³/mol. The van der Waals surface area contributed by atoms with Gasteiger partial charge < -0.3 is 0 Å². The van der Waals surface area contributed by atoms with E-state index in [2.05, 4.69) is 15.3 Å². The summed E-state index contributed by atoms with van der Waals surface area (Å²) in [6.45, 7) is 1.57. The van der Waals surface area contributed by atoms with E-state index in [-0.39, 0.29) is 16.0 Å². The maximum atomic E-state index is 11.8. The molecule has 0 aliphatic carbocycles. The summed E-state index contributed by atoms with van der Waals surface area (Å²) in [4.78, 5) is 11.8. The summed E-state index contributed by atoms with van der Waals surface area (Å²) in [6, 6.07) is 5.01. The van der Waals surface area contributed by atoms with Crippen LogP contribution in [0.5, 0.6) is 0 Å². The van der Waals surface area contributed by atoms with Gasteiger partial charge in [-0.1, -0.05) is 29.3 Å². The molecule has 0 amide bonds. The monoisotopic (exact) mass is 314 g/mol. The van der Waals surface area contributed by atoms with Crippen molar-refractivity contribution in [2.75, 3.05) is 0 Å². The number of benzene rings is 1. The molecule has 2 aromatic rings. The highest BCUT2D eigenvalue weighted by Crippen LogP contribution is 2.21. The topological polar surface area (TPSA) is 63.0 Å². The number of hydrogen-bond donors (Lipinski definition) is 1. The average molecular weight is 315 g/mol. The fraction of sp³-hybridized carbons (Fsp3) is 0.0909. The maximum Gasteiger partial charge on any atom is 0.296 e. The first-order chi connectivity index (χ1) is 8.99. The van der Waals surface area contributed by atoms with Crippen molar-refractivity contribution in [2.45, 2.75) is 6.92 Å². The summed E-state index contributed by atoms with van der Waals surface area (Å²) in [6.07, 6.45) is 1.46. The van der Waals surface area contributed by atoms with E-state index < -0.39 is 0 Å². The lowest BCUT2D eigenvalue weighted by atomic mass is 10.2. The third kappa shape index (κ3) is 3.09. The van der Waals surface area contributed by atoms with Crippen molar-refractivity contribution in [2.24, 2.45) is 5.10 Å². The Morgan fingerprint density at radius 2 is 2.16 bits per heavy atom. The van der Waals surface area contributed by atoms with Gasteiger partial charge in [0.05, 0.1) is 16.3 Å². The van der Waals surface area contributed by atoms with Gasteiger partial charge in [-0.2, -0.15) is 14.9 Å². The van der Waals surface area contributed by atoms with Crippen molar-refractivity contribution >= 4 is 41.6 Å². The molecule has 0 spiro atoms. The van der Waals surface area contributed by atoms with Crippen LogP contribution in [0.4, 0.5) is 0 Å². The van der Waals surface area contributed by atoms with E-state index >= 15 is 0 Å². The van der Waals surface area contributed by atoms with Gasteiger partial charge in [0.25, 0.3) is 5.56 Å². The number of nitrogens with one attached hydrogen (secondary N) is 1. The van der Waals surface area contributed by atoms with Crippen LogP contribution in [0.3, 0.4) is 0 Å². The third-order valence-electron chi connectivity index (χ3n) is 2.28. The molecule has 2 rings (SSSR count). The number of aryl methyl sites for hydroxylation is 1. The molecule has 0 bridgehead atoms. The number of hydrogen-bond acceptors (Lipinski definition) is 4. The number of halogens is 2. The molecule has 1 N–H and O–H groups in total. The summed E-state index contributed by atoms with van der Waals surface area (Å²) < 4.78 is 1.17. The van der Waals surface area contributed by atoms with Crippen LogP contribution in [0.25, 0.3) is 0 Å². The zero-order chi connectivity index (χ0) is 14.0. The lowest BCUT2D eigenvalue weighted by Crippen LogP contribution is -2.22. The molecule has 1 aromatic heterocycles. The molecule has 1 heterocycles. The van der Waals surface area contributed by atoms with Crippen LogP contribution in [0, 0.1) is 11.7 Å². The fourth-order valence-corrected chi connectivity index (χ4v) is 1.78. The zero-order valence-electron chi connectivity index (χ0n) is 9.72. The zero-order valence-corrected chi connectivity index (χ0v) is 12.1. The molecule has 0 atom stereocenters. The Morgan fingerprint density at radius 1 is 1.42 bits per heavy atom. The average Bonchev–Trinajstić information content (AvgIpc) is 2.38. The number of H-pyrrole nitrogens is 1. The predicted octanol–water partition coefficient (Wildman–Crippen LogP) is 2.80. The molecule has 0 saturated heterocycles. The van der Waals surface area contributed by atoms with Crippen LogP contribution in [0.1, 0.15) is 11.3 Å². The quantitative estimate of drug-likeness (QED) is 0.685. The Balaban J connectivity index is 2.43. The molecule has 98 valence electrons. The maximum absolute atomic E-state index is 11.8. The molecule has 0 aliphatic heterocycles. The van der Waals surface area contributed by atoms with Crippen LogP contribution in [0.15, 0.2) is 28.1 Å². The smallest absolute Gasteiger partial charge is 0.265 e. The van der Waals surface area contributed by atoms with Crippen molar-refractivity contribution in [3.63, 3.8) is 0 Å². The lowest BCUT2D eigenvalue weighted by Gasteiger charge is -2.00. The molecule has 5 nitrogen and oxygen atoms in total. The molecular weight excluding hydrogens is 307 g/mol. The Bertz CT molecular complexity index is 766. The third-order valence-corrected chi connectivity index (χ3v) is 3.28. The van der Waals surface area contributed by atoms with E-state index in [0.29, 0.717) is 15.6 Å². The summed E-state index contributed by atoms with van der Waals surface area (Å²) in [7, 11) is 0. The van der Waals surface area contributed by atoms with Crippen LogP contribution >= 0.6 is 35.4 Å². The Morgan fingerprint density at radius 3 is 2.84 bits per heavy atom. The first-order valence-corrected chi connectivity index (χ1v) is 6.33. The molecule has 8 heteroatoms. The van der Waals surface area contributed by atoms with Gasteiger partial charge in [0.15, 0.2) is 0 Å². The molecule has 0 radical (unpaired) electrons. The Labute approximate surface area is 123 Å². The van der Waals surface area contributed by atoms with Gasteiger partial charge in [-0.05, 0) is 36.8 Å². The van der Waals surface area contributed by atoms with E-state index in [1.807, 2.05) is 0 Å². The number of nitrogens with zero attached hydrogens (tertiary/aromatic N) is 3. The van der Waals surface area contributed by atoms with Gasteiger partial charge in [-0.3, -0.25) is 9.89 Å². The largest absolute Gasteiger partial charge is 0.296 e. The molecular formula is C11H8Cl2N4OS. The molecule has 0 saturated carbocycles. The molecule has 19 heavy (non-hydrogen) atoms. The van der Waals surface area contributed by atoms with Crippen molar-refractivity contribution in [3.8, 4) is 0 Å². The van der Waals surface area contributed by atoms with Gasteiger partial charge in [-0.15, -0.1) is 0 Å². The Hall–Kier alpha value is -1.50. The molecule has 0 aliphatic rings. The first kappa shape index (κ1) is 13.9. The minimum Gasteiger partial charge on any atom is -0.265 e. The van der Waals surface area contributed by atoms with E-state index in [4.69, 9.17) is 35.4 Å². The van der Waals surface area contributed by atoms with Crippen molar-refractivity contribution in [3.05, 3.63) is 54.6 Å². The SMILES string of the molecule is Cc1n[nH]c(=S)n(/N=C\c2ccc(Cl)c(Cl)c2)c1=O. The summed E-state index contributed by atoms with van der Waals surface area (Å²) in [5, 5.41) is 11.1. The van der Waals surface area contributed by atoms with E-state index in [9.17, 15) is 4.79 Å². The summed E-state index contributed by atoms with van der Waals surface area (Å²) in [5.74, 6) is 0. The highest BCUT2D eigenvalue weighted by Gasteiger charge is 2.01. The Kier molecular flexibility index (Phi) is 4.14. The lowest BCUT2D eigenvalue weighted by molar-refractivity contribution is 0.720. The molecule has 0 fully saturated rings. The van der Waals surface area contributed by atoms with Gasteiger partial charge in [0.1, 0.15) is 5.69 Å². The van der Waals surface area contributed by atoms with Gasteiger partial charge in [-0.25, -0.2) is 0 Å². The summed E-state index contributed by atoms with van der Waals surface area (Å²) in [5.41, 5.74) is 0.602. The number of rotatable bonds is 2. The molecule has 0 unspecified atom stereocenters. The van der Waals surface area contributed by atoms with Crippen molar-refractivity contribution < 1.29 is 0 Å². The highest BCUT2D eigenvalue weighted by atomic mass is 35.5. The van der Waals surface area contributed by atoms with Crippen LogP contribution in [-0.2, 0) is 0 Å². The van der Waals surface area contributed by atoms with Crippen LogP contribution in [0.2, 0.25) is 10.0 Å². The van der Waals surface area contributed by atoms with Crippen molar-refractivity contribution in [1.82, 2.24) is 14.9 Å². The van der Waals surface area contributed by atoms with Gasteiger partial charge in [0, 0.05) is 0 Å². The second kappa shape index (κ2) is 5.64. The van der Waals surface area contributed by atoms with Gasteiger partial charge >= 0.3 is 0 Å². The molecule has 1 aromatic carbocycles. The van der Waals surface area contributed by atoms with Crippen LogP contribution < -0.4 is 5.56 Å². The number of aromatic nitrogens is 3. The fourth-order valence-electron chi connectivity index (χ4n) is 1.29.